The number of aliphatic hydroxyl groups excluding tert-OH is 2. The van der Waals surface area contributed by atoms with Crippen LogP contribution in [-0.2, 0) is 0 Å². The first-order valence-electron chi connectivity index (χ1n) is 5.90. The molecular weight excluding hydrogens is 176 g/mol. The Bertz CT molecular complexity index is 140. The van der Waals surface area contributed by atoms with Gasteiger partial charge in [0.1, 0.15) is 0 Å². The number of aliphatic hydroxyl groups is 2. The molecule has 0 aliphatic heterocycles. The third-order valence-electron chi connectivity index (χ3n) is 4.06. The van der Waals surface area contributed by atoms with E-state index in [0.717, 1.165) is 12.8 Å². The van der Waals surface area contributed by atoms with Gasteiger partial charge >= 0.3 is 0 Å². The van der Waals surface area contributed by atoms with Crippen molar-refractivity contribution in [2.75, 3.05) is 13.2 Å². The van der Waals surface area contributed by atoms with Crippen molar-refractivity contribution in [2.24, 2.45) is 23.7 Å². The molecule has 0 aromatic rings. The highest BCUT2D eigenvalue weighted by Crippen LogP contribution is 2.33. The molecule has 0 bridgehead atoms. The zero-order valence-corrected chi connectivity index (χ0v) is 9.45. The number of hydrogen-bond acceptors (Lipinski definition) is 2. The lowest BCUT2D eigenvalue weighted by molar-refractivity contribution is 0.102. The first kappa shape index (κ1) is 12.0. The minimum Gasteiger partial charge on any atom is -0.396 e. The molecule has 0 heterocycles. The molecule has 1 saturated carbocycles. The predicted octanol–water partition coefficient (Wildman–Crippen LogP) is 2.05. The van der Waals surface area contributed by atoms with E-state index in [0.29, 0.717) is 36.9 Å². The summed E-state index contributed by atoms with van der Waals surface area (Å²) in [6.45, 7) is 5.11. The minimum absolute atomic E-state index is 0.313. The minimum atomic E-state index is 0.313. The summed E-state index contributed by atoms with van der Waals surface area (Å²) in [5.74, 6) is 2.19. The van der Waals surface area contributed by atoms with Crippen LogP contribution in [0.2, 0.25) is 0 Å². The molecule has 0 amide bonds. The van der Waals surface area contributed by atoms with Gasteiger partial charge in [0.2, 0.25) is 0 Å². The van der Waals surface area contributed by atoms with Crippen LogP contribution in [-0.4, -0.2) is 23.4 Å². The van der Waals surface area contributed by atoms with E-state index in [-0.39, 0.29) is 0 Å². The molecule has 0 saturated heterocycles. The summed E-state index contributed by atoms with van der Waals surface area (Å²) in [6.07, 6.45) is 4.55. The van der Waals surface area contributed by atoms with Crippen LogP contribution in [0.5, 0.6) is 0 Å². The maximum atomic E-state index is 9.24. The van der Waals surface area contributed by atoms with Gasteiger partial charge in [0.25, 0.3) is 0 Å². The topological polar surface area (TPSA) is 40.5 Å². The van der Waals surface area contributed by atoms with Gasteiger partial charge in [0.15, 0.2) is 0 Å². The van der Waals surface area contributed by atoms with Gasteiger partial charge in [-0.3, -0.25) is 0 Å². The molecule has 84 valence electrons. The normalized spacial score (nSPS) is 40.3. The number of rotatable bonds is 2. The molecule has 2 nitrogen and oxygen atoms in total. The van der Waals surface area contributed by atoms with Gasteiger partial charge in [0.05, 0.1) is 0 Å². The lowest BCUT2D eigenvalue weighted by Crippen LogP contribution is -2.25. The smallest absolute Gasteiger partial charge is 0.0461 e. The van der Waals surface area contributed by atoms with E-state index in [1.54, 1.807) is 0 Å². The highest BCUT2D eigenvalue weighted by Gasteiger charge is 2.25. The fraction of sp³-hybridized carbons (Fsp3) is 1.00. The zero-order valence-electron chi connectivity index (χ0n) is 9.45. The van der Waals surface area contributed by atoms with E-state index in [4.69, 9.17) is 0 Å². The quantitative estimate of drug-likeness (QED) is 0.716. The number of hydrogen-bond donors (Lipinski definition) is 2. The Morgan fingerprint density at radius 2 is 1.14 bits per heavy atom. The van der Waals surface area contributed by atoms with Crippen molar-refractivity contribution in [3.8, 4) is 0 Å². The molecule has 14 heavy (non-hydrogen) atoms. The van der Waals surface area contributed by atoms with Gasteiger partial charge in [0, 0.05) is 13.2 Å². The predicted molar refractivity (Wildman–Crippen MR) is 57.9 cm³/mol. The molecule has 1 aliphatic carbocycles. The van der Waals surface area contributed by atoms with Gasteiger partial charge in [-0.25, -0.2) is 0 Å². The second-order valence-electron chi connectivity index (χ2n) is 4.99. The third kappa shape index (κ3) is 2.96. The van der Waals surface area contributed by atoms with Crippen molar-refractivity contribution in [2.45, 2.75) is 39.5 Å². The maximum Gasteiger partial charge on any atom is 0.0461 e. The molecule has 2 N–H and O–H groups in total. The Balaban J connectivity index is 2.51. The summed E-state index contributed by atoms with van der Waals surface area (Å²) >= 11 is 0. The summed E-state index contributed by atoms with van der Waals surface area (Å²) in [6, 6.07) is 0. The Kier molecular flexibility index (Phi) is 4.90. The van der Waals surface area contributed by atoms with Crippen LogP contribution < -0.4 is 0 Å². The zero-order chi connectivity index (χ0) is 10.6. The highest BCUT2D eigenvalue weighted by atomic mass is 16.3. The molecule has 4 atom stereocenters. The summed E-state index contributed by atoms with van der Waals surface area (Å²) in [5.41, 5.74) is 0. The van der Waals surface area contributed by atoms with Gasteiger partial charge < -0.3 is 10.2 Å². The van der Waals surface area contributed by atoms with Crippen LogP contribution >= 0.6 is 0 Å². The van der Waals surface area contributed by atoms with Crippen molar-refractivity contribution in [1.29, 1.82) is 0 Å². The lowest BCUT2D eigenvalue weighted by Gasteiger charge is -2.31. The fourth-order valence-corrected chi connectivity index (χ4v) is 2.54. The van der Waals surface area contributed by atoms with Gasteiger partial charge in [-0.05, 0) is 36.5 Å². The van der Waals surface area contributed by atoms with Crippen molar-refractivity contribution < 1.29 is 10.2 Å². The van der Waals surface area contributed by atoms with Gasteiger partial charge in [-0.1, -0.05) is 26.7 Å². The SMILES string of the molecule is CC1CCC(C)C(CO)CCC1CO. The molecule has 2 heteroatoms. The molecule has 0 radical (unpaired) electrons. The largest absolute Gasteiger partial charge is 0.396 e. The molecular formula is C12H24O2. The second-order valence-corrected chi connectivity index (χ2v) is 4.99. The first-order chi connectivity index (χ1) is 6.69. The van der Waals surface area contributed by atoms with Crippen molar-refractivity contribution in [3.63, 3.8) is 0 Å². The van der Waals surface area contributed by atoms with Gasteiger partial charge in [-0.15, -0.1) is 0 Å². The summed E-state index contributed by atoms with van der Waals surface area (Å²) in [7, 11) is 0. The third-order valence-corrected chi connectivity index (χ3v) is 4.06. The molecule has 0 aromatic carbocycles. The molecule has 0 aromatic heterocycles. The van der Waals surface area contributed by atoms with Crippen molar-refractivity contribution in [1.82, 2.24) is 0 Å². The maximum absolute atomic E-state index is 9.24. The fourth-order valence-electron chi connectivity index (χ4n) is 2.54. The van der Waals surface area contributed by atoms with E-state index in [1.165, 1.54) is 12.8 Å². The van der Waals surface area contributed by atoms with E-state index >= 15 is 0 Å². The Labute approximate surface area is 87.3 Å². The highest BCUT2D eigenvalue weighted by molar-refractivity contribution is 4.76. The van der Waals surface area contributed by atoms with Gasteiger partial charge in [-0.2, -0.15) is 0 Å². The van der Waals surface area contributed by atoms with E-state index in [9.17, 15) is 10.2 Å². The average Bonchev–Trinajstić information content (AvgIpc) is 2.19. The molecule has 0 spiro atoms. The molecule has 1 rings (SSSR count). The molecule has 4 unspecified atom stereocenters. The summed E-state index contributed by atoms with van der Waals surface area (Å²) in [4.78, 5) is 0. The Hall–Kier alpha value is -0.0800. The second kappa shape index (κ2) is 5.72. The van der Waals surface area contributed by atoms with Crippen LogP contribution in [0.4, 0.5) is 0 Å². The van der Waals surface area contributed by atoms with Crippen molar-refractivity contribution >= 4 is 0 Å². The standard InChI is InChI=1S/C12H24O2/c1-9-3-4-10(2)12(8-14)6-5-11(9)7-13/h9-14H,3-8H2,1-2H3. The Morgan fingerprint density at radius 3 is 1.43 bits per heavy atom. The molecule has 1 fully saturated rings. The van der Waals surface area contributed by atoms with Crippen LogP contribution in [0.25, 0.3) is 0 Å². The van der Waals surface area contributed by atoms with E-state index in [1.807, 2.05) is 0 Å². The molecule has 1 aliphatic rings. The Morgan fingerprint density at radius 1 is 0.786 bits per heavy atom. The average molecular weight is 200 g/mol. The van der Waals surface area contributed by atoms with E-state index in [2.05, 4.69) is 13.8 Å². The van der Waals surface area contributed by atoms with Crippen LogP contribution in [0, 0.1) is 23.7 Å². The monoisotopic (exact) mass is 200 g/mol. The summed E-state index contributed by atoms with van der Waals surface area (Å²) < 4.78 is 0. The first-order valence-corrected chi connectivity index (χ1v) is 5.90. The van der Waals surface area contributed by atoms with Crippen LogP contribution in [0.1, 0.15) is 39.5 Å². The van der Waals surface area contributed by atoms with Crippen molar-refractivity contribution in [3.05, 3.63) is 0 Å². The van der Waals surface area contributed by atoms with E-state index < -0.39 is 0 Å². The summed E-state index contributed by atoms with van der Waals surface area (Å²) in [5, 5.41) is 18.5. The van der Waals surface area contributed by atoms with Crippen LogP contribution in [0.3, 0.4) is 0 Å². The lowest BCUT2D eigenvalue weighted by atomic mass is 9.76. The van der Waals surface area contributed by atoms with Crippen LogP contribution in [0.15, 0.2) is 0 Å².